The smallest absolute Gasteiger partial charge is 0.171 e. The monoisotopic (exact) mass is 269 g/mol. The Morgan fingerprint density at radius 2 is 1.80 bits per heavy atom. The number of rotatable bonds is 4. The van der Waals surface area contributed by atoms with E-state index in [1.54, 1.807) is 7.11 Å². The predicted octanol–water partition coefficient (Wildman–Crippen LogP) is 3.32. The number of nitrogens with two attached hydrogens (primary N) is 1. The maximum Gasteiger partial charge on any atom is 0.171 e. The number of ketones is 1. The molecule has 0 radical (unpaired) electrons. The molecular formula is C17H19NO2. The second-order valence-electron chi connectivity index (χ2n) is 5.00. The molecule has 0 aromatic heterocycles. The van der Waals surface area contributed by atoms with Crippen molar-refractivity contribution in [2.24, 2.45) is 0 Å². The van der Waals surface area contributed by atoms with Gasteiger partial charge in [0.05, 0.1) is 12.7 Å². The summed E-state index contributed by atoms with van der Waals surface area (Å²) in [5, 5.41) is 0. The normalized spacial score (nSPS) is 10.3. The first kappa shape index (κ1) is 14.1. The molecule has 0 aliphatic rings. The van der Waals surface area contributed by atoms with Gasteiger partial charge in [-0.1, -0.05) is 18.2 Å². The van der Waals surface area contributed by atoms with Gasteiger partial charge in [0.1, 0.15) is 5.75 Å². The van der Waals surface area contributed by atoms with E-state index in [0.29, 0.717) is 23.4 Å². The molecule has 104 valence electrons. The Bertz CT molecular complexity index is 630. The van der Waals surface area contributed by atoms with Crippen LogP contribution in [0.15, 0.2) is 36.4 Å². The molecule has 0 atom stereocenters. The molecule has 0 aliphatic heterocycles. The molecule has 0 aliphatic carbocycles. The van der Waals surface area contributed by atoms with Crippen molar-refractivity contribution in [3.05, 3.63) is 58.7 Å². The summed E-state index contributed by atoms with van der Waals surface area (Å²) in [6, 6.07) is 11.3. The number of ether oxygens (including phenoxy) is 1. The topological polar surface area (TPSA) is 52.3 Å². The summed E-state index contributed by atoms with van der Waals surface area (Å²) >= 11 is 0. The van der Waals surface area contributed by atoms with E-state index in [1.807, 2.05) is 50.2 Å². The van der Waals surface area contributed by atoms with E-state index in [-0.39, 0.29) is 5.78 Å². The third-order valence-corrected chi connectivity index (χ3v) is 3.29. The zero-order chi connectivity index (χ0) is 14.7. The van der Waals surface area contributed by atoms with E-state index >= 15 is 0 Å². The highest BCUT2D eigenvalue weighted by Crippen LogP contribution is 2.25. The molecule has 0 saturated carbocycles. The van der Waals surface area contributed by atoms with E-state index in [4.69, 9.17) is 10.5 Å². The highest BCUT2D eigenvalue weighted by molar-refractivity contribution is 6.01. The molecule has 2 N–H and O–H groups in total. The predicted molar refractivity (Wildman–Crippen MR) is 81.4 cm³/mol. The Morgan fingerprint density at radius 3 is 2.40 bits per heavy atom. The maximum absolute atomic E-state index is 12.5. The quantitative estimate of drug-likeness (QED) is 0.684. The number of benzene rings is 2. The molecule has 0 fully saturated rings. The third kappa shape index (κ3) is 2.99. The van der Waals surface area contributed by atoms with Gasteiger partial charge in [0, 0.05) is 12.1 Å². The Labute approximate surface area is 119 Å². The molecule has 0 bridgehead atoms. The van der Waals surface area contributed by atoms with Gasteiger partial charge in [-0.25, -0.2) is 0 Å². The molecule has 2 aromatic carbocycles. The van der Waals surface area contributed by atoms with Crippen molar-refractivity contribution in [3.63, 3.8) is 0 Å². The van der Waals surface area contributed by atoms with Gasteiger partial charge in [-0.3, -0.25) is 4.79 Å². The molecule has 20 heavy (non-hydrogen) atoms. The molecule has 3 nitrogen and oxygen atoms in total. The summed E-state index contributed by atoms with van der Waals surface area (Å²) in [6.45, 7) is 3.93. The fourth-order valence-corrected chi connectivity index (χ4v) is 2.36. The zero-order valence-corrected chi connectivity index (χ0v) is 12.1. The van der Waals surface area contributed by atoms with Gasteiger partial charge in [-0.2, -0.15) is 0 Å². The standard InChI is InChI=1S/C17H19NO2/c1-11-8-12(2)17(16(9-11)20-3)15(19)10-13-4-6-14(18)7-5-13/h4-9H,10,18H2,1-3H3. The minimum atomic E-state index is 0.0594. The number of aryl methyl sites for hydroxylation is 2. The van der Waals surface area contributed by atoms with Gasteiger partial charge in [0.2, 0.25) is 0 Å². The number of Topliss-reactive ketones (excluding diaryl/α,β-unsaturated/α-hetero) is 1. The van der Waals surface area contributed by atoms with Crippen molar-refractivity contribution in [1.82, 2.24) is 0 Å². The SMILES string of the molecule is COc1cc(C)cc(C)c1C(=O)Cc1ccc(N)cc1. The number of methoxy groups -OCH3 is 1. The van der Waals surface area contributed by atoms with Gasteiger partial charge in [0.25, 0.3) is 0 Å². The minimum absolute atomic E-state index is 0.0594. The van der Waals surface area contributed by atoms with Crippen molar-refractivity contribution in [2.45, 2.75) is 20.3 Å². The Kier molecular flexibility index (Phi) is 4.08. The van der Waals surface area contributed by atoms with E-state index in [1.165, 1.54) is 0 Å². The molecule has 0 heterocycles. The van der Waals surface area contributed by atoms with Crippen molar-refractivity contribution >= 4 is 11.5 Å². The van der Waals surface area contributed by atoms with Crippen LogP contribution >= 0.6 is 0 Å². The molecule has 0 saturated heterocycles. The van der Waals surface area contributed by atoms with Gasteiger partial charge in [-0.15, -0.1) is 0 Å². The second kappa shape index (κ2) is 5.78. The lowest BCUT2D eigenvalue weighted by atomic mass is 9.96. The Balaban J connectivity index is 2.31. The Hall–Kier alpha value is -2.29. The number of carbonyl (C=O) groups excluding carboxylic acids is 1. The average molecular weight is 269 g/mol. The summed E-state index contributed by atoms with van der Waals surface area (Å²) in [7, 11) is 1.59. The van der Waals surface area contributed by atoms with Crippen LogP contribution in [0.25, 0.3) is 0 Å². The lowest BCUT2D eigenvalue weighted by Crippen LogP contribution is -2.08. The van der Waals surface area contributed by atoms with Crippen LogP contribution in [0.3, 0.4) is 0 Å². The number of carbonyl (C=O) groups is 1. The van der Waals surface area contributed by atoms with Crippen LogP contribution < -0.4 is 10.5 Å². The van der Waals surface area contributed by atoms with Crippen LogP contribution in [0.5, 0.6) is 5.75 Å². The van der Waals surface area contributed by atoms with Crippen molar-refractivity contribution in [3.8, 4) is 5.75 Å². The van der Waals surface area contributed by atoms with Crippen LogP contribution in [0.2, 0.25) is 0 Å². The van der Waals surface area contributed by atoms with Gasteiger partial charge in [0.15, 0.2) is 5.78 Å². The molecule has 0 amide bonds. The zero-order valence-electron chi connectivity index (χ0n) is 12.1. The van der Waals surface area contributed by atoms with E-state index in [9.17, 15) is 4.79 Å². The highest BCUT2D eigenvalue weighted by atomic mass is 16.5. The fourth-order valence-electron chi connectivity index (χ4n) is 2.36. The van der Waals surface area contributed by atoms with Crippen LogP contribution in [0.4, 0.5) is 5.69 Å². The number of nitrogen functional groups attached to an aromatic ring is 1. The van der Waals surface area contributed by atoms with E-state index in [2.05, 4.69) is 0 Å². The summed E-state index contributed by atoms with van der Waals surface area (Å²) < 4.78 is 5.34. The van der Waals surface area contributed by atoms with Crippen molar-refractivity contribution in [2.75, 3.05) is 12.8 Å². The number of hydrogen-bond acceptors (Lipinski definition) is 3. The van der Waals surface area contributed by atoms with Crippen LogP contribution in [0, 0.1) is 13.8 Å². The maximum atomic E-state index is 12.5. The summed E-state index contributed by atoms with van der Waals surface area (Å²) in [5.41, 5.74) is 9.99. The first-order chi connectivity index (χ1) is 9.51. The van der Waals surface area contributed by atoms with Crippen molar-refractivity contribution < 1.29 is 9.53 Å². The first-order valence-corrected chi connectivity index (χ1v) is 6.54. The molecule has 0 spiro atoms. The lowest BCUT2D eigenvalue weighted by Gasteiger charge is -2.12. The van der Waals surface area contributed by atoms with E-state index in [0.717, 1.165) is 16.7 Å². The summed E-state index contributed by atoms with van der Waals surface area (Å²) in [6.07, 6.45) is 0.348. The van der Waals surface area contributed by atoms with Gasteiger partial charge >= 0.3 is 0 Å². The fraction of sp³-hybridized carbons (Fsp3) is 0.235. The molecule has 2 rings (SSSR count). The average Bonchev–Trinajstić information content (AvgIpc) is 2.40. The summed E-state index contributed by atoms with van der Waals surface area (Å²) in [5.74, 6) is 0.701. The van der Waals surface area contributed by atoms with Gasteiger partial charge in [-0.05, 0) is 48.7 Å². The summed E-state index contributed by atoms with van der Waals surface area (Å²) in [4.78, 5) is 12.5. The van der Waals surface area contributed by atoms with Crippen LogP contribution in [-0.4, -0.2) is 12.9 Å². The second-order valence-corrected chi connectivity index (χ2v) is 5.00. The van der Waals surface area contributed by atoms with E-state index < -0.39 is 0 Å². The van der Waals surface area contributed by atoms with Crippen LogP contribution in [-0.2, 0) is 6.42 Å². The third-order valence-electron chi connectivity index (χ3n) is 3.29. The molecular weight excluding hydrogens is 250 g/mol. The molecule has 2 aromatic rings. The lowest BCUT2D eigenvalue weighted by molar-refractivity contribution is 0.0989. The van der Waals surface area contributed by atoms with Crippen LogP contribution in [0.1, 0.15) is 27.0 Å². The minimum Gasteiger partial charge on any atom is -0.496 e. The van der Waals surface area contributed by atoms with Gasteiger partial charge < -0.3 is 10.5 Å². The number of anilines is 1. The highest BCUT2D eigenvalue weighted by Gasteiger charge is 2.16. The molecule has 0 unspecified atom stereocenters. The Morgan fingerprint density at radius 1 is 1.15 bits per heavy atom. The first-order valence-electron chi connectivity index (χ1n) is 6.54. The van der Waals surface area contributed by atoms with Crippen molar-refractivity contribution in [1.29, 1.82) is 0 Å². The molecule has 3 heteroatoms. The number of hydrogen-bond donors (Lipinski definition) is 1. The largest absolute Gasteiger partial charge is 0.496 e.